The fourth-order valence-electron chi connectivity index (χ4n) is 3.39. The number of rotatable bonds is 5. The van der Waals surface area contributed by atoms with Crippen LogP contribution in [-0.2, 0) is 19.5 Å². The molecule has 1 atom stereocenters. The molecule has 0 saturated carbocycles. The number of benzene rings is 1. The maximum Gasteiger partial charge on any atom is 0.198 e. The lowest BCUT2D eigenvalue weighted by atomic mass is 10.0. The van der Waals surface area contributed by atoms with Gasteiger partial charge in [0, 0.05) is 13.6 Å². The Hall–Kier alpha value is -1.22. The van der Waals surface area contributed by atoms with Crippen molar-refractivity contribution in [1.82, 2.24) is 24.2 Å². The number of thiazole rings is 1. The zero-order valence-corrected chi connectivity index (χ0v) is 17.5. The molecule has 0 radical (unpaired) electrons. The molecule has 0 amide bonds. The van der Waals surface area contributed by atoms with Crippen LogP contribution in [0, 0.1) is 10.7 Å². The predicted molar refractivity (Wildman–Crippen MR) is 111 cm³/mol. The number of nitrogens with zero attached hydrogens (tertiary/aromatic N) is 5. The summed E-state index contributed by atoms with van der Waals surface area (Å²) in [6.07, 6.45) is 2.59. The minimum Gasteiger partial charge on any atom is -0.306 e. The van der Waals surface area contributed by atoms with Crippen molar-refractivity contribution >= 4 is 45.5 Å². The number of hydrogen-bond donors (Lipinski definition) is 0. The third kappa shape index (κ3) is 3.88. The SMILES string of the molecule is C[C@@H]1CCCN(Cn2nc(CSc3nc4ccccc4s3)n(C)c2=S)C1. The first kappa shape index (κ1) is 18.2. The van der Waals surface area contributed by atoms with Crippen LogP contribution in [0.15, 0.2) is 28.6 Å². The van der Waals surface area contributed by atoms with Crippen LogP contribution in [0.1, 0.15) is 25.6 Å². The van der Waals surface area contributed by atoms with Crippen molar-refractivity contribution < 1.29 is 0 Å². The Morgan fingerprint density at radius 3 is 3.00 bits per heavy atom. The number of piperidine rings is 1. The quantitative estimate of drug-likeness (QED) is 0.460. The molecule has 3 aromatic rings. The van der Waals surface area contributed by atoms with E-state index in [1.165, 1.54) is 17.5 Å². The van der Waals surface area contributed by atoms with Crippen molar-refractivity contribution in [2.45, 2.75) is 36.5 Å². The maximum atomic E-state index is 5.61. The van der Waals surface area contributed by atoms with E-state index < -0.39 is 0 Å². The first-order valence-electron chi connectivity index (χ1n) is 8.93. The topological polar surface area (TPSA) is 38.9 Å². The summed E-state index contributed by atoms with van der Waals surface area (Å²) in [5.41, 5.74) is 1.07. The smallest absolute Gasteiger partial charge is 0.198 e. The van der Waals surface area contributed by atoms with E-state index >= 15 is 0 Å². The van der Waals surface area contributed by atoms with Crippen LogP contribution in [0.25, 0.3) is 10.2 Å². The van der Waals surface area contributed by atoms with E-state index in [2.05, 4.69) is 30.0 Å². The third-order valence-corrected chi connectivity index (χ3v) is 7.47. The van der Waals surface area contributed by atoms with Crippen molar-refractivity contribution in [2.75, 3.05) is 13.1 Å². The van der Waals surface area contributed by atoms with Crippen LogP contribution in [0.4, 0.5) is 0 Å². The van der Waals surface area contributed by atoms with Gasteiger partial charge >= 0.3 is 0 Å². The van der Waals surface area contributed by atoms with Crippen molar-refractivity contribution in [1.29, 1.82) is 0 Å². The minimum absolute atomic E-state index is 0.760. The highest BCUT2D eigenvalue weighted by atomic mass is 32.2. The third-order valence-electron chi connectivity index (χ3n) is 4.81. The highest BCUT2D eigenvalue weighted by Gasteiger charge is 2.18. The molecule has 138 valence electrons. The lowest BCUT2D eigenvalue weighted by Crippen LogP contribution is -2.36. The molecular formula is C18H23N5S3. The van der Waals surface area contributed by atoms with E-state index in [-0.39, 0.29) is 0 Å². The summed E-state index contributed by atoms with van der Waals surface area (Å²) >= 11 is 9.08. The molecule has 0 aliphatic carbocycles. The van der Waals surface area contributed by atoms with Gasteiger partial charge in [-0.1, -0.05) is 30.8 Å². The summed E-state index contributed by atoms with van der Waals surface area (Å²) in [6, 6.07) is 8.27. The van der Waals surface area contributed by atoms with Crippen LogP contribution < -0.4 is 0 Å². The Labute approximate surface area is 167 Å². The molecule has 1 aliphatic heterocycles. The van der Waals surface area contributed by atoms with Crippen LogP contribution in [0.5, 0.6) is 0 Å². The Morgan fingerprint density at radius 1 is 1.35 bits per heavy atom. The summed E-state index contributed by atoms with van der Waals surface area (Å²) in [4.78, 5) is 7.15. The van der Waals surface area contributed by atoms with Crippen molar-refractivity contribution in [3.63, 3.8) is 0 Å². The van der Waals surface area contributed by atoms with Gasteiger partial charge in [0.25, 0.3) is 0 Å². The molecule has 0 spiro atoms. The molecular weight excluding hydrogens is 382 g/mol. The molecule has 4 rings (SSSR count). The van der Waals surface area contributed by atoms with E-state index in [1.54, 1.807) is 23.1 Å². The van der Waals surface area contributed by atoms with Gasteiger partial charge in [-0.3, -0.25) is 4.90 Å². The zero-order valence-electron chi connectivity index (χ0n) is 15.1. The molecule has 8 heteroatoms. The lowest BCUT2D eigenvalue weighted by molar-refractivity contribution is 0.138. The van der Waals surface area contributed by atoms with E-state index in [0.717, 1.165) is 51.9 Å². The first-order chi connectivity index (χ1) is 12.6. The number of para-hydroxylation sites is 1. The molecule has 0 unspecified atom stereocenters. The largest absolute Gasteiger partial charge is 0.306 e. The second kappa shape index (κ2) is 7.80. The summed E-state index contributed by atoms with van der Waals surface area (Å²) < 4.78 is 7.11. The second-order valence-electron chi connectivity index (χ2n) is 6.96. The Balaban J connectivity index is 1.46. The number of likely N-dealkylation sites (tertiary alicyclic amines) is 1. The predicted octanol–water partition coefficient (Wildman–Crippen LogP) is 4.54. The Bertz CT molecular complexity index is 924. The first-order valence-corrected chi connectivity index (χ1v) is 11.1. The van der Waals surface area contributed by atoms with Gasteiger partial charge in [0.15, 0.2) is 9.11 Å². The van der Waals surface area contributed by atoms with Gasteiger partial charge in [0.05, 0.1) is 22.6 Å². The number of thioether (sulfide) groups is 1. The molecule has 0 N–H and O–H groups in total. The number of aromatic nitrogens is 4. The van der Waals surface area contributed by atoms with E-state index in [9.17, 15) is 0 Å². The van der Waals surface area contributed by atoms with Gasteiger partial charge in [0.1, 0.15) is 5.82 Å². The van der Waals surface area contributed by atoms with Gasteiger partial charge in [-0.2, -0.15) is 5.10 Å². The highest BCUT2D eigenvalue weighted by Crippen LogP contribution is 2.31. The van der Waals surface area contributed by atoms with Crippen LogP contribution >= 0.6 is 35.3 Å². The average molecular weight is 406 g/mol. The van der Waals surface area contributed by atoms with Crippen LogP contribution in [-0.4, -0.2) is 37.3 Å². The lowest BCUT2D eigenvalue weighted by Gasteiger charge is -2.30. The van der Waals surface area contributed by atoms with Gasteiger partial charge in [-0.05, 0) is 49.7 Å². The van der Waals surface area contributed by atoms with Crippen LogP contribution in [0.2, 0.25) is 0 Å². The maximum absolute atomic E-state index is 5.61. The number of fused-ring (bicyclic) bond motifs is 1. The zero-order chi connectivity index (χ0) is 18.1. The van der Waals surface area contributed by atoms with E-state index in [4.69, 9.17) is 22.3 Å². The van der Waals surface area contributed by atoms with Crippen molar-refractivity contribution in [3.8, 4) is 0 Å². The normalized spacial score (nSPS) is 18.6. The molecule has 26 heavy (non-hydrogen) atoms. The standard InChI is InChI=1S/C18H23N5S3/c1-13-6-5-9-22(10-13)12-23-18(24)21(2)16(20-23)11-25-17-19-14-7-3-4-8-15(14)26-17/h3-4,7-8,13H,5-6,9-12H2,1-2H3/t13-/m1/s1. The molecule has 1 fully saturated rings. The summed E-state index contributed by atoms with van der Waals surface area (Å²) in [5.74, 6) is 2.55. The average Bonchev–Trinajstić information content (AvgIpc) is 3.16. The molecule has 0 bridgehead atoms. The second-order valence-corrected chi connectivity index (χ2v) is 9.58. The fraction of sp³-hybridized carbons (Fsp3) is 0.500. The van der Waals surface area contributed by atoms with E-state index in [0.29, 0.717) is 0 Å². The van der Waals surface area contributed by atoms with Gasteiger partial charge < -0.3 is 4.57 Å². The summed E-state index contributed by atoms with van der Waals surface area (Å²) in [6.45, 7) is 5.39. The Morgan fingerprint density at radius 2 is 2.19 bits per heavy atom. The molecule has 5 nitrogen and oxygen atoms in total. The highest BCUT2D eigenvalue weighted by molar-refractivity contribution is 8.00. The van der Waals surface area contributed by atoms with Gasteiger partial charge in [-0.15, -0.1) is 11.3 Å². The molecule has 2 aromatic heterocycles. The monoisotopic (exact) mass is 405 g/mol. The molecule has 3 heterocycles. The molecule has 1 aromatic carbocycles. The number of hydrogen-bond acceptors (Lipinski definition) is 6. The van der Waals surface area contributed by atoms with Gasteiger partial charge in [-0.25, -0.2) is 9.67 Å². The van der Waals surface area contributed by atoms with Crippen LogP contribution in [0.3, 0.4) is 0 Å². The molecule has 1 aliphatic rings. The summed E-state index contributed by atoms with van der Waals surface area (Å²) in [7, 11) is 2.01. The van der Waals surface area contributed by atoms with Gasteiger partial charge in [0.2, 0.25) is 0 Å². The van der Waals surface area contributed by atoms with Crippen molar-refractivity contribution in [3.05, 3.63) is 34.9 Å². The molecule has 1 saturated heterocycles. The van der Waals surface area contributed by atoms with Crippen molar-refractivity contribution in [2.24, 2.45) is 13.0 Å². The minimum atomic E-state index is 0.760. The van der Waals surface area contributed by atoms with E-state index in [1.807, 2.05) is 22.4 Å². The summed E-state index contributed by atoms with van der Waals surface area (Å²) in [5, 5.41) is 4.79. The Kier molecular flexibility index (Phi) is 5.45. The fourth-order valence-corrected chi connectivity index (χ4v) is 5.64.